The van der Waals surface area contributed by atoms with Crippen LogP contribution in [-0.4, -0.2) is 34.5 Å². The second-order valence-electron chi connectivity index (χ2n) is 5.83. The lowest BCUT2D eigenvalue weighted by molar-refractivity contribution is -0.126. The molecule has 1 saturated heterocycles. The van der Waals surface area contributed by atoms with Crippen LogP contribution in [0.25, 0.3) is 0 Å². The lowest BCUT2D eigenvalue weighted by Crippen LogP contribution is -2.33. The van der Waals surface area contributed by atoms with Crippen LogP contribution < -0.4 is 10.2 Å². The number of carbonyl (C=O) groups is 2. The summed E-state index contributed by atoms with van der Waals surface area (Å²) in [5.74, 6) is -0.400. The first kappa shape index (κ1) is 16.5. The van der Waals surface area contributed by atoms with E-state index in [9.17, 15) is 9.59 Å². The van der Waals surface area contributed by atoms with Crippen molar-refractivity contribution in [3.05, 3.63) is 48.0 Å². The number of hydrogen-bond acceptors (Lipinski definition) is 3. The molecule has 2 aromatic rings. The Kier molecular flexibility index (Phi) is 5.15. The van der Waals surface area contributed by atoms with Gasteiger partial charge in [-0.3, -0.25) is 9.59 Å². The van der Waals surface area contributed by atoms with E-state index in [0.717, 1.165) is 18.7 Å². The minimum absolute atomic E-state index is 0.0316. The monoisotopic (exact) mass is 346 g/mol. The zero-order valence-electron chi connectivity index (χ0n) is 13.2. The summed E-state index contributed by atoms with van der Waals surface area (Å²) in [6.45, 7) is 1.80. The van der Waals surface area contributed by atoms with Crippen molar-refractivity contribution in [1.29, 1.82) is 0 Å². The largest absolute Gasteiger partial charge is 0.356 e. The molecule has 1 atom stereocenters. The molecule has 1 fully saturated rings. The molecule has 0 spiro atoms. The first-order chi connectivity index (χ1) is 11.6. The van der Waals surface area contributed by atoms with Crippen LogP contribution in [0.3, 0.4) is 0 Å². The molecule has 3 rings (SSSR count). The third-order valence-electron chi connectivity index (χ3n) is 4.09. The Labute approximate surface area is 145 Å². The highest BCUT2D eigenvalue weighted by atomic mass is 35.5. The smallest absolute Gasteiger partial charge is 0.227 e. The number of carbonyl (C=O) groups excluding carboxylic acids is 2. The van der Waals surface area contributed by atoms with E-state index in [1.54, 1.807) is 41.7 Å². The summed E-state index contributed by atoms with van der Waals surface area (Å²) < 4.78 is 1.97. The van der Waals surface area contributed by atoms with Crippen LogP contribution in [0.5, 0.6) is 0 Å². The number of amides is 2. The first-order valence-electron chi connectivity index (χ1n) is 7.93. The molecule has 0 bridgehead atoms. The number of nitrogens with zero attached hydrogens (tertiary/aromatic N) is 3. The van der Waals surface area contributed by atoms with Crippen LogP contribution >= 0.6 is 11.6 Å². The molecule has 7 heteroatoms. The van der Waals surface area contributed by atoms with Crippen LogP contribution in [0.1, 0.15) is 12.8 Å². The quantitative estimate of drug-likeness (QED) is 0.814. The van der Waals surface area contributed by atoms with Gasteiger partial charge < -0.3 is 14.8 Å². The van der Waals surface area contributed by atoms with Crippen LogP contribution in [-0.2, 0) is 16.1 Å². The summed E-state index contributed by atoms with van der Waals surface area (Å²) in [6.07, 6.45) is 6.44. The van der Waals surface area contributed by atoms with Crippen LogP contribution in [0.2, 0.25) is 5.02 Å². The van der Waals surface area contributed by atoms with Crippen LogP contribution in [0.15, 0.2) is 43.0 Å². The Bertz CT molecular complexity index is 700. The van der Waals surface area contributed by atoms with Gasteiger partial charge in [0, 0.05) is 49.2 Å². The predicted molar refractivity (Wildman–Crippen MR) is 91.8 cm³/mol. The normalized spacial score (nSPS) is 17.3. The molecule has 1 unspecified atom stereocenters. The number of halogens is 1. The van der Waals surface area contributed by atoms with Crippen molar-refractivity contribution >= 4 is 29.1 Å². The molecule has 0 saturated carbocycles. The van der Waals surface area contributed by atoms with Gasteiger partial charge >= 0.3 is 0 Å². The summed E-state index contributed by atoms with van der Waals surface area (Å²) >= 11 is 5.87. The van der Waals surface area contributed by atoms with Gasteiger partial charge in [-0.2, -0.15) is 0 Å². The van der Waals surface area contributed by atoms with Crippen molar-refractivity contribution < 1.29 is 9.59 Å². The summed E-state index contributed by atoms with van der Waals surface area (Å²) in [5.41, 5.74) is 0.778. The van der Waals surface area contributed by atoms with E-state index in [4.69, 9.17) is 11.6 Å². The molecule has 2 amide bonds. The maximum Gasteiger partial charge on any atom is 0.227 e. The highest BCUT2D eigenvalue weighted by Gasteiger charge is 2.34. The second-order valence-corrected chi connectivity index (χ2v) is 6.26. The summed E-state index contributed by atoms with van der Waals surface area (Å²) in [6, 6.07) is 7.08. The predicted octanol–water partition coefficient (Wildman–Crippen LogP) is 2.10. The van der Waals surface area contributed by atoms with Gasteiger partial charge in [-0.05, 0) is 30.7 Å². The maximum absolute atomic E-state index is 12.3. The van der Waals surface area contributed by atoms with Gasteiger partial charge in [0.15, 0.2) is 0 Å². The van der Waals surface area contributed by atoms with Crippen molar-refractivity contribution in [3.8, 4) is 0 Å². The van der Waals surface area contributed by atoms with E-state index in [2.05, 4.69) is 10.3 Å². The van der Waals surface area contributed by atoms with Gasteiger partial charge in [-0.25, -0.2) is 4.98 Å². The summed E-state index contributed by atoms with van der Waals surface area (Å²) in [4.78, 5) is 30.0. The number of aryl methyl sites for hydroxylation is 1. The van der Waals surface area contributed by atoms with Gasteiger partial charge in [0.2, 0.25) is 11.8 Å². The molecule has 1 aromatic carbocycles. The average molecular weight is 347 g/mol. The van der Waals surface area contributed by atoms with E-state index in [0.29, 0.717) is 18.1 Å². The van der Waals surface area contributed by atoms with Gasteiger partial charge in [-0.15, -0.1) is 0 Å². The molecule has 2 heterocycles. The molecule has 6 nitrogen and oxygen atoms in total. The Balaban J connectivity index is 1.47. The number of anilines is 1. The molecule has 1 N–H and O–H groups in total. The average Bonchev–Trinajstić information content (AvgIpc) is 3.22. The third kappa shape index (κ3) is 3.94. The molecule has 0 aliphatic carbocycles. The van der Waals surface area contributed by atoms with Gasteiger partial charge in [0.25, 0.3) is 0 Å². The molecule has 24 heavy (non-hydrogen) atoms. The van der Waals surface area contributed by atoms with Crippen molar-refractivity contribution in [3.63, 3.8) is 0 Å². The number of hydrogen-bond donors (Lipinski definition) is 1. The van der Waals surface area contributed by atoms with Crippen molar-refractivity contribution in [1.82, 2.24) is 14.9 Å². The minimum Gasteiger partial charge on any atom is -0.356 e. The molecule has 1 aromatic heterocycles. The minimum atomic E-state index is -0.304. The molecule has 126 valence electrons. The number of benzene rings is 1. The van der Waals surface area contributed by atoms with Crippen molar-refractivity contribution in [2.24, 2.45) is 5.92 Å². The Morgan fingerprint density at radius 2 is 2.12 bits per heavy atom. The fraction of sp³-hybridized carbons (Fsp3) is 0.353. The highest BCUT2D eigenvalue weighted by Crippen LogP contribution is 2.26. The Morgan fingerprint density at radius 1 is 1.33 bits per heavy atom. The number of imidazole rings is 1. The third-order valence-corrected chi connectivity index (χ3v) is 4.34. The van der Waals surface area contributed by atoms with Crippen LogP contribution in [0, 0.1) is 5.92 Å². The van der Waals surface area contributed by atoms with E-state index < -0.39 is 0 Å². The first-order valence-corrected chi connectivity index (χ1v) is 8.30. The number of rotatable bonds is 6. The molecule has 0 radical (unpaired) electrons. The van der Waals surface area contributed by atoms with E-state index in [-0.39, 0.29) is 24.2 Å². The Morgan fingerprint density at radius 3 is 2.83 bits per heavy atom. The topological polar surface area (TPSA) is 67.2 Å². The van der Waals surface area contributed by atoms with Gasteiger partial charge in [-0.1, -0.05) is 11.6 Å². The van der Waals surface area contributed by atoms with E-state index in [1.165, 1.54) is 0 Å². The summed E-state index contributed by atoms with van der Waals surface area (Å²) in [7, 11) is 0. The molecule has 1 aliphatic heterocycles. The lowest BCUT2D eigenvalue weighted by atomic mass is 10.1. The number of aromatic nitrogens is 2. The second kappa shape index (κ2) is 7.49. The number of nitrogens with one attached hydrogen (secondary N) is 1. The zero-order valence-corrected chi connectivity index (χ0v) is 13.9. The summed E-state index contributed by atoms with van der Waals surface area (Å²) in [5, 5.41) is 3.54. The lowest BCUT2D eigenvalue weighted by Gasteiger charge is -2.16. The van der Waals surface area contributed by atoms with E-state index >= 15 is 0 Å². The Hall–Kier alpha value is -2.34. The van der Waals surface area contributed by atoms with E-state index in [1.807, 2.05) is 10.8 Å². The fourth-order valence-electron chi connectivity index (χ4n) is 2.79. The maximum atomic E-state index is 12.3. The van der Waals surface area contributed by atoms with Crippen LogP contribution in [0.4, 0.5) is 5.69 Å². The van der Waals surface area contributed by atoms with Crippen molar-refractivity contribution in [2.75, 3.05) is 18.0 Å². The SMILES string of the molecule is O=C(NCCCn1ccnc1)C1CC(=O)N(c2ccc(Cl)cc2)C1. The van der Waals surface area contributed by atoms with Crippen molar-refractivity contribution in [2.45, 2.75) is 19.4 Å². The molecule has 1 aliphatic rings. The molecular formula is C17H19ClN4O2. The zero-order chi connectivity index (χ0) is 16.9. The standard InChI is InChI=1S/C17H19ClN4O2/c18-14-2-4-15(5-3-14)22-11-13(10-16(22)23)17(24)20-6-1-8-21-9-7-19-12-21/h2-5,7,9,12-13H,1,6,8,10-11H2,(H,20,24). The highest BCUT2D eigenvalue weighted by molar-refractivity contribution is 6.30. The van der Waals surface area contributed by atoms with Gasteiger partial charge in [0.1, 0.15) is 0 Å². The van der Waals surface area contributed by atoms with Gasteiger partial charge in [0.05, 0.1) is 12.2 Å². The molecular weight excluding hydrogens is 328 g/mol. The fourth-order valence-corrected chi connectivity index (χ4v) is 2.92.